The first-order valence-electron chi connectivity index (χ1n) is 7.13. The molecule has 3 nitrogen and oxygen atoms in total. The summed E-state index contributed by atoms with van der Waals surface area (Å²) in [6.07, 6.45) is 0. The predicted molar refractivity (Wildman–Crippen MR) is 86.9 cm³/mol. The lowest BCUT2D eigenvalue weighted by Crippen LogP contribution is -2.10. The van der Waals surface area contributed by atoms with E-state index in [0.717, 1.165) is 22.6 Å². The van der Waals surface area contributed by atoms with Crippen LogP contribution in [0.25, 0.3) is 0 Å². The lowest BCUT2D eigenvalue weighted by Gasteiger charge is -2.20. The van der Waals surface area contributed by atoms with Gasteiger partial charge in [-0.25, -0.2) is 0 Å². The van der Waals surface area contributed by atoms with Crippen LogP contribution in [0.3, 0.4) is 0 Å². The highest BCUT2D eigenvalue weighted by Gasteiger charge is 2.13. The quantitative estimate of drug-likeness (QED) is 0.857. The van der Waals surface area contributed by atoms with E-state index >= 15 is 0 Å². The van der Waals surface area contributed by atoms with E-state index in [1.165, 1.54) is 5.56 Å². The van der Waals surface area contributed by atoms with E-state index < -0.39 is 0 Å². The molecule has 0 aliphatic heterocycles. The summed E-state index contributed by atoms with van der Waals surface area (Å²) in [5, 5.41) is 3.55. The molecule has 1 unspecified atom stereocenters. The van der Waals surface area contributed by atoms with Crippen LogP contribution in [-0.2, 0) is 11.3 Å². The Morgan fingerprint density at radius 2 is 1.86 bits per heavy atom. The minimum atomic E-state index is 0.151. The molecule has 0 saturated carbocycles. The molecule has 21 heavy (non-hydrogen) atoms. The summed E-state index contributed by atoms with van der Waals surface area (Å²) >= 11 is 0. The first-order valence-corrected chi connectivity index (χ1v) is 7.13. The first-order chi connectivity index (χ1) is 10.2. The van der Waals surface area contributed by atoms with Crippen molar-refractivity contribution >= 4 is 5.69 Å². The summed E-state index contributed by atoms with van der Waals surface area (Å²) in [6, 6.07) is 14.6. The zero-order valence-corrected chi connectivity index (χ0v) is 13.1. The van der Waals surface area contributed by atoms with E-state index in [1.807, 2.05) is 12.1 Å². The highest BCUT2D eigenvalue weighted by atomic mass is 16.5. The van der Waals surface area contributed by atoms with E-state index in [1.54, 1.807) is 14.2 Å². The van der Waals surface area contributed by atoms with Crippen LogP contribution in [-0.4, -0.2) is 14.2 Å². The topological polar surface area (TPSA) is 30.5 Å². The lowest BCUT2D eigenvalue weighted by atomic mass is 10.0. The van der Waals surface area contributed by atoms with Crippen LogP contribution in [0, 0.1) is 6.92 Å². The Morgan fingerprint density at radius 3 is 2.57 bits per heavy atom. The molecule has 0 amide bonds. The molecule has 0 spiro atoms. The average Bonchev–Trinajstić information content (AvgIpc) is 2.49. The smallest absolute Gasteiger partial charge is 0.124 e. The summed E-state index contributed by atoms with van der Waals surface area (Å²) in [7, 11) is 3.42. The second-order valence-corrected chi connectivity index (χ2v) is 5.20. The molecule has 0 fully saturated rings. The molecule has 0 heterocycles. The number of benzene rings is 2. The zero-order chi connectivity index (χ0) is 15.2. The van der Waals surface area contributed by atoms with Crippen LogP contribution < -0.4 is 10.1 Å². The highest BCUT2D eigenvalue weighted by Crippen LogP contribution is 2.29. The molecule has 2 rings (SSSR count). The largest absolute Gasteiger partial charge is 0.496 e. The molecule has 0 saturated heterocycles. The predicted octanol–water partition coefficient (Wildman–Crippen LogP) is 4.32. The van der Waals surface area contributed by atoms with Crippen molar-refractivity contribution in [2.24, 2.45) is 0 Å². The highest BCUT2D eigenvalue weighted by molar-refractivity contribution is 5.53. The van der Waals surface area contributed by atoms with Gasteiger partial charge < -0.3 is 14.8 Å². The Labute approximate surface area is 126 Å². The molecule has 0 aliphatic rings. The fraction of sp³-hybridized carbons (Fsp3) is 0.333. The Bertz CT molecular complexity index is 596. The van der Waals surface area contributed by atoms with Gasteiger partial charge in [-0.1, -0.05) is 30.3 Å². The average molecular weight is 285 g/mol. The number of methoxy groups -OCH3 is 2. The summed E-state index contributed by atoms with van der Waals surface area (Å²) in [4.78, 5) is 0. The molecular weight excluding hydrogens is 262 g/mol. The van der Waals surface area contributed by atoms with Crippen LogP contribution in [0.1, 0.15) is 29.7 Å². The fourth-order valence-corrected chi connectivity index (χ4v) is 2.43. The molecule has 0 aliphatic carbocycles. The number of nitrogens with one attached hydrogen (secondary N) is 1. The maximum absolute atomic E-state index is 5.50. The lowest BCUT2D eigenvalue weighted by molar-refractivity contribution is 0.185. The number of anilines is 1. The van der Waals surface area contributed by atoms with Gasteiger partial charge in [-0.05, 0) is 31.5 Å². The molecule has 0 radical (unpaired) electrons. The second kappa shape index (κ2) is 7.14. The van der Waals surface area contributed by atoms with Crippen LogP contribution >= 0.6 is 0 Å². The van der Waals surface area contributed by atoms with E-state index in [9.17, 15) is 0 Å². The summed E-state index contributed by atoms with van der Waals surface area (Å²) in [5.74, 6) is 0.916. The number of para-hydroxylation sites is 1. The number of aryl methyl sites for hydroxylation is 1. The number of ether oxygens (including phenoxy) is 2. The summed E-state index contributed by atoms with van der Waals surface area (Å²) in [6.45, 7) is 4.80. The molecule has 3 heteroatoms. The molecule has 0 bridgehead atoms. The van der Waals surface area contributed by atoms with Gasteiger partial charge in [-0.2, -0.15) is 0 Å². The molecule has 1 N–H and O–H groups in total. The van der Waals surface area contributed by atoms with Gasteiger partial charge in [-0.15, -0.1) is 0 Å². The maximum Gasteiger partial charge on any atom is 0.124 e. The number of hydrogen-bond acceptors (Lipinski definition) is 3. The van der Waals surface area contributed by atoms with Gasteiger partial charge in [0.1, 0.15) is 5.75 Å². The van der Waals surface area contributed by atoms with Crippen LogP contribution in [0.4, 0.5) is 5.69 Å². The van der Waals surface area contributed by atoms with Crippen molar-refractivity contribution in [1.82, 2.24) is 0 Å². The van der Waals surface area contributed by atoms with Gasteiger partial charge in [0.2, 0.25) is 0 Å². The third kappa shape index (κ3) is 3.76. The first kappa shape index (κ1) is 15.4. The minimum Gasteiger partial charge on any atom is -0.496 e. The van der Waals surface area contributed by atoms with Crippen molar-refractivity contribution in [3.05, 3.63) is 59.2 Å². The number of hydrogen-bond donors (Lipinski definition) is 1. The van der Waals surface area contributed by atoms with Gasteiger partial charge in [-0.3, -0.25) is 0 Å². The second-order valence-electron chi connectivity index (χ2n) is 5.20. The van der Waals surface area contributed by atoms with Crippen molar-refractivity contribution in [2.75, 3.05) is 19.5 Å². The molecule has 0 aromatic heterocycles. The van der Waals surface area contributed by atoms with Crippen molar-refractivity contribution < 1.29 is 9.47 Å². The Hall–Kier alpha value is -2.00. The SMILES string of the molecule is COCc1ccccc1NC(C)c1ccc(C)cc1OC. The van der Waals surface area contributed by atoms with Crippen molar-refractivity contribution in [3.8, 4) is 5.75 Å². The van der Waals surface area contributed by atoms with E-state index in [4.69, 9.17) is 9.47 Å². The van der Waals surface area contributed by atoms with E-state index in [0.29, 0.717) is 6.61 Å². The van der Waals surface area contributed by atoms with Crippen molar-refractivity contribution in [3.63, 3.8) is 0 Å². The Morgan fingerprint density at radius 1 is 1.10 bits per heavy atom. The molecule has 112 valence electrons. The monoisotopic (exact) mass is 285 g/mol. The summed E-state index contributed by atoms with van der Waals surface area (Å²) in [5.41, 5.74) is 4.59. The van der Waals surface area contributed by atoms with Gasteiger partial charge in [0.15, 0.2) is 0 Å². The molecule has 2 aromatic carbocycles. The molecule has 1 atom stereocenters. The Balaban J connectivity index is 2.24. The Kier molecular flexibility index (Phi) is 5.23. The van der Waals surface area contributed by atoms with E-state index in [2.05, 4.69) is 49.5 Å². The zero-order valence-electron chi connectivity index (χ0n) is 13.1. The number of rotatable bonds is 6. The van der Waals surface area contributed by atoms with Gasteiger partial charge in [0.05, 0.1) is 19.8 Å². The van der Waals surface area contributed by atoms with Crippen LogP contribution in [0.2, 0.25) is 0 Å². The molecular formula is C18H23NO2. The van der Waals surface area contributed by atoms with Gasteiger partial charge >= 0.3 is 0 Å². The van der Waals surface area contributed by atoms with Crippen LogP contribution in [0.5, 0.6) is 5.75 Å². The standard InChI is InChI=1S/C18H23NO2/c1-13-9-10-16(18(11-13)21-4)14(2)19-17-8-6-5-7-15(17)12-20-3/h5-11,14,19H,12H2,1-4H3. The summed E-state index contributed by atoms with van der Waals surface area (Å²) < 4.78 is 10.7. The van der Waals surface area contributed by atoms with Crippen molar-refractivity contribution in [2.45, 2.75) is 26.5 Å². The van der Waals surface area contributed by atoms with E-state index in [-0.39, 0.29) is 6.04 Å². The minimum absolute atomic E-state index is 0.151. The van der Waals surface area contributed by atoms with Crippen molar-refractivity contribution in [1.29, 1.82) is 0 Å². The third-order valence-corrected chi connectivity index (χ3v) is 3.54. The maximum atomic E-state index is 5.50. The van der Waals surface area contributed by atoms with Gasteiger partial charge in [0.25, 0.3) is 0 Å². The van der Waals surface area contributed by atoms with Gasteiger partial charge in [0, 0.05) is 23.9 Å². The third-order valence-electron chi connectivity index (χ3n) is 3.54. The fourth-order valence-electron chi connectivity index (χ4n) is 2.43. The molecule has 2 aromatic rings. The normalized spacial score (nSPS) is 12.0. The van der Waals surface area contributed by atoms with Crippen LogP contribution in [0.15, 0.2) is 42.5 Å².